The zero-order chi connectivity index (χ0) is 15.4. The second-order valence-electron chi connectivity index (χ2n) is 5.91. The van der Waals surface area contributed by atoms with Crippen molar-refractivity contribution in [3.63, 3.8) is 0 Å². The lowest BCUT2D eigenvalue weighted by atomic mass is 10.1. The van der Waals surface area contributed by atoms with Gasteiger partial charge in [0.15, 0.2) is 6.10 Å². The van der Waals surface area contributed by atoms with Crippen LogP contribution in [-0.2, 0) is 17.9 Å². The molecule has 0 spiro atoms. The predicted molar refractivity (Wildman–Crippen MR) is 73.3 cm³/mol. The molecule has 20 heavy (non-hydrogen) atoms. The van der Waals surface area contributed by atoms with Crippen molar-refractivity contribution in [3.05, 3.63) is 35.4 Å². The van der Waals surface area contributed by atoms with E-state index in [1.165, 1.54) is 0 Å². The van der Waals surface area contributed by atoms with E-state index in [1.807, 2.05) is 12.1 Å². The molecule has 0 aliphatic carbocycles. The summed E-state index contributed by atoms with van der Waals surface area (Å²) in [6.07, 6.45) is -6.05. The fourth-order valence-electron chi connectivity index (χ4n) is 1.44. The molecule has 0 fully saturated rings. The molecule has 0 saturated heterocycles. The zero-order valence-corrected chi connectivity index (χ0v) is 12.3. The Morgan fingerprint density at radius 1 is 1.05 bits per heavy atom. The van der Waals surface area contributed by atoms with Crippen LogP contribution in [0.3, 0.4) is 0 Å². The zero-order valence-electron chi connectivity index (χ0n) is 12.3. The molecule has 0 heterocycles. The van der Waals surface area contributed by atoms with E-state index in [1.54, 1.807) is 12.1 Å². The van der Waals surface area contributed by atoms with Crippen molar-refractivity contribution in [3.8, 4) is 0 Å². The summed E-state index contributed by atoms with van der Waals surface area (Å²) in [6.45, 7) is 7.94. The average Bonchev–Trinajstić information content (AvgIpc) is 2.32. The van der Waals surface area contributed by atoms with Crippen molar-refractivity contribution in [2.24, 2.45) is 0 Å². The van der Waals surface area contributed by atoms with Crippen LogP contribution in [0.1, 0.15) is 38.8 Å². The van der Waals surface area contributed by atoms with Gasteiger partial charge in [0, 0.05) is 12.1 Å². The van der Waals surface area contributed by atoms with E-state index in [0.29, 0.717) is 0 Å². The molecule has 0 radical (unpaired) electrons. The van der Waals surface area contributed by atoms with Gasteiger partial charge in [0.2, 0.25) is 0 Å². The topological polar surface area (TPSA) is 21.3 Å². The molecule has 1 N–H and O–H groups in total. The highest BCUT2D eigenvalue weighted by Crippen LogP contribution is 2.23. The van der Waals surface area contributed by atoms with Crippen molar-refractivity contribution in [2.45, 2.75) is 58.7 Å². The number of alkyl halides is 3. The average molecular weight is 289 g/mol. The van der Waals surface area contributed by atoms with Gasteiger partial charge in [-0.05, 0) is 38.8 Å². The van der Waals surface area contributed by atoms with Crippen LogP contribution in [0.2, 0.25) is 0 Å². The van der Waals surface area contributed by atoms with E-state index in [9.17, 15) is 13.2 Å². The second kappa shape index (κ2) is 6.59. The first kappa shape index (κ1) is 17.0. The van der Waals surface area contributed by atoms with Crippen LogP contribution >= 0.6 is 0 Å². The maximum atomic E-state index is 12.3. The van der Waals surface area contributed by atoms with Crippen molar-refractivity contribution >= 4 is 0 Å². The van der Waals surface area contributed by atoms with Gasteiger partial charge in [-0.15, -0.1) is 0 Å². The van der Waals surface area contributed by atoms with Gasteiger partial charge < -0.3 is 10.1 Å². The molecule has 2 nitrogen and oxygen atoms in total. The smallest absolute Gasteiger partial charge is 0.364 e. The third kappa shape index (κ3) is 6.39. The van der Waals surface area contributed by atoms with Crippen LogP contribution in [0.5, 0.6) is 0 Å². The van der Waals surface area contributed by atoms with E-state index in [2.05, 4.69) is 26.1 Å². The van der Waals surface area contributed by atoms with Gasteiger partial charge >= 0.3 is 6.18 Å². The Kier molecular flexibility index (Phi) is 5.59. The van der Waals surface area contributed by atoms with Gasteiger partial charge in [-0.2, -0.15) is 13.2 Å². The molecular formula is C15H22F3NO. The number of hydrogen-bond donors (Lipinski definition) is 1. The minimum absolute atomic E-state index is 0.0317. The van der Waals surface area contributed by atoms with Gasteiger partial charge in [0.25, 0.3) is 0 Å². The fraction of sp³-hybridized carbons (Fsp3) is 0.600. The maximum absolute atomic E-state index is 12.3. The van der Waals surface area contributed by atoms with Gasteiger partial charge in [-0.3, -0.25) is 0 Å². The van der Waals surface area contributed by atoms with Crippen molar-refractivity contribution in [2.75, 3.05) is 0 Å². The highest BCUT2D eigenvalue weighted by molar-refractivity contribution is 5.22. The summed E-state index contributed by atoms with van der Waals surface area (Å²) in [6, 6.07) is 7.39. The third-order valence-corrected chi connectivity index (χ3v) is 2.81. The molecule has 1 aromatic carbocycles. The van der Waals surface area contributed by atoms with Gasteiger partial charge in [-0.25, -0.2) is 0 Å². The summed E-state index contributed by atoms with van der Waals surface area (Å²) in [4.78, 5) is 0. The van der Waals surface area contributed by atoms with E-state index >= 15 is 0 Å². The summed E-state index contributed by atoms with van der Waals surface area (Å²) in [5.74, 6) is 0. The Bertz CT molecular complexity index is 407. The van der Waals surface area contributed by atoms with Crippen molar-refractivity contribution in [1.29, 1.82) is 0 Å². The SMILES string of the molecule is CC(OCc1ccc(CNC(C)(C)C)cc1)C(F)(F)F. The lowest BCUT2D eigenvalue weighted by Crippen LogP contribution is -2.35. The largest absolute Gasteiger partial charge is 0.414 e. The van der Waals surface area contributed by atoms with E-state index in [4.69, 9.17) is 4.74 Å². The van der Waals surface area contributed by atoms with Crippen LogP contribution in [0.25, 0.3) is 0 Å². The van der Waals surface area contributed by atoms with E-state index in [0.717, 1.165) is 24.6 Å². The first-order valence-corrected chi connectivity index (χ1v) is 6.59. The van der Waals surface area contributed by atoms with Crippen LogP contribution in [0.15, 0.2) is 24.3 Å². The quantitative estimate of drug-likeness (QED) is 0.883. The molecule has 114 valence electrons. The highest BCUT2D eigenvalue weighted by Gasteiger charge is 2.36. The lowest BCUT2D eigenvalue weighted by Gasteiger charge is -2.20. The maximum Gasteiger partial charge on any atom is 0.414 e. The molecule has 0 aromatic heterocycles. The lowest BCUT2D eigenvalue weighted by molar-refractivity contribution is -0.217. The van der Waals surface area contributed by atoms with Gasteiger partial charge in [0.1, 0.15) is 0 Å². The normalized spacial score (nSPS) is 14.3. The van der Waals surface area contributed by atoms with Gasteiger partial charge in [-0.1, -0.05) is 24.3 Å². The number of rotatable bonds is 5. The number of hydrogen-bond acceptors (Lipinski definition) is 2. The minimum Gasteiger partial charge on any atom is -0.364 e. The standard InChI is InChI=1S/C15H22F3NO/c1-11(15(16,17)18)20-10-13-7-5-12(6-8-13)9-19-14(2,3)4/h5-8,11,19H,9-10H2,1-4H3. The molecule has 1 rings (SSSR count). The highest BCUT2D eigenvalue weighted by atomic mass is 19.4. The summed E-state index contributed by atoms with van der Waals surface area (Å²) >= 11 is 0. The van der Waals surface area contributed by atoms with E-state index < -0.39 is 12.3 Å². The first-order chi connectivity index (χ1) is 9.08. The molecule has 0 aliphatic heterocycles. The number of nitrogens with one attached hydrogen (secondary N) is 1. The molecule has 0 saturated carbocycles. The van der Waals surface area contributed by atoms with Crippen molar-refractivity contribution < 1.29 is 17.9 Å². The summed E-state index contributed by atoms with van der Waals surface area (Å²) in [5, 5.41) is 3.35. The number of benzene rings is 1. The summed E-state index contributed by atoms with van der Waals surface area (Å²) in [5.41, 5.74) is 1.86. The Balaban J connectivity index is 2.47. The summed E-state index contributed by atoms with van der Waals surface area (Å²) < 4.78 is 41.7. The predicted octanol–water partition coefficient (Wildman–Crippen LogP) is 4.04. The third-order valence-electron chi connectivity index (χ3n) is 2.81. The Morgan fingerprint density at radius 3 is 2.00 bits per heavy atom. The Hall–Kier alpha value is -1.07. The van der Waals surface area contributed by atoms with Crippen molar-refractivity contribution in [1.82, 2.24) is 5.32 Å². The summed E-state index contributed by atoms with van der Waals surface area (Å²) in [7, 11) is 0. The molecule has 1 atom stereocenters. The monoisotopic (exact) mass is 289 g/mol. The van der Waals surface area contributed by atoms with Crippen LogP contribution in [0.4, 0.5) is 13.2 Å². The van der Waals surface area contributed by atoms with E-state index in [-0.39, 0.29) is 12.1 Å². The first-order valence-electron chi connectivity index (χ1n) is 6.59. The fourth-order valence-corrected chi connectivity index (χ4v) is 1.44. The molecule has 0 aliphatic rings. The second-order valence-corrected chi connectivity index (χ2v) is 5.91. The van der Waals surface area contributed by atoms with Gasteiger partial charge in [0.05, 0.1) is 6.61 Å². The number of ether oxygens (including phenoxy) is 1. The molecular weight excluding hydrogens is 267 g/mol. The molecule has 0 amide bonds. The Morgan fingerprint density at radius 2 is 1.55 bits per heavy atom. The Labute approximate surface area is 118 Å². The van der Waals surface area contributed by atoms with Crippen LogP contribution < -0.4 is 5.32 Å². The molecule has 0 bridgehead atoms. The minimum atomic E-state index is -4.31. The number of halogens is 3. The van der Waals surface area contributed by atoms with Crippen LogP contribution in [0, 0.1) is 0 Å². The molecule has 5 heteroatoms. The molecule has 1 aromatic rings. The van der Waals surface area contributed by atoms with Crippen LogP contribution in [-0.4, -0.2) is 17.8 Å². The molecule has 1 unspecified atom stereocenters.